The van der Waals surface area contributed by atoms with Crippen LogP contribution in [0.2, 0.25) is 15.1 Å². The van der Waals surface area contributed by atoms with Crippen molar-refractivity contribution in [3.8, 4) is 0 Å². The van der Waals surface area contributed by atoms with Gasteiger partial charge in [-0.25, -0.2) is 21.1 Å². The lowest BCUT2D eigenvalue weighted by atomic mass is 9.97. The Morgan fingerprint density at radius 2 is 1.50 bits per heavy atom. The maximum absolute atomic E-state index is 12.9. The van der Waals surface area contributed by atoms with E-state index in [9.17, 15) is 21.6 Å². The lowest BCUT2D eigenvalue weighted by molar-refractivity contribution is -0.120. The van der Waals surface area contributed by atoms with Crippen LogP contribution in [0.1, 0.15) is 18.4 Å². The first kappa shape index (κ1) is 28.7. The molecule has 0 aliphatic carbocycles. The fourth-order valence-corrected chi connectivity index (χ4v) is 7.44. The van der Waals surface area contributed by atoms with Crippen LogP contribution in [0.5, 0.6) is 0 Å². The third kappa shape index (κ3) is 7.19. The fourth-order valence-electron chi connectivity index (χ4n) is 4.05. The molecule has 1 aliphatic heterocycles. The average molecular weight is 617 g/mol. The van der Waals surface area contributed by atoms with E-state index in [1.165, 1.54) is 40.7 Å². The number of nitrogens with one attached hydrogen (secondary N) is 2. The smallest absolute Gasteiger partial charge is 0.261 e. The van der Waals surface area contributed by atoms with Gasteiger partial charge in [-0.1, -0.05) is 46.9 Å². The molecule has 0 saturated carbocycles. The molecule has 1 fully saturated rings. The van der Waals surface area contributed by atoms with E-state index in [-0.39, 0.29) is 40.6 Å². The number of hydrogen-bond acceptors (Lipinski definition) is 5. The van der Waals surface area contributed by atoms with Crippen molar-refractivity contribution >= 4 is 72.1 Å². The third-order valence-corrected chi connectivity index (χ3v) is 10.1. The van der Waals surface area contributed by atoms with Crippen molar-refractivity contribution in [2.24, 2.45) is 5.92 Å². The summed E-state index contributed by atoms with van der Waals surface area (Å²) in [6, 6.07) is 16.8. The summed E-state index contributed by atoms with van der Waals surface area (Å²) < 4.78 is 54.9. The first-order valence-corrected chi connectivity index (χ1v) is 15.8. The predicted octanol–water partition coefficient (Wildman–Crippen LogP) is 5.63. The van der Waals surface area contributed by atoms with E-state index >= 15 is 0 Å². The number of halogens is 3. The summed E-state index contributed by atoms with van der Waals surface area (Å²) in [6.07, 6.45) is 0.713. The second-order valence-corrected chi connectivity index (χ2v) is 13.7. The topological polar surface area (TPSA) is 113 Å². The van der Waals surface area contributed by atoms with E-state index in [1.807, 2.05) is 0 Å². The van der Waals surface area contributed by atoms with Gasteiger partial charge in [0.2, 0.25) is 15.9 Å². The van der Waals surface area contributed by atoms with Gasteiger partial charge < -0.3 is 5.32 Å². The second-order valence-electron chi connectivity index (χ2n) is 8.79. The van der Waals surface area contributed by atoms with Crippen LogP contribution in [-0.2, 0) is 30.6 Å². The highest BCUT2D eigenvalue weighted by Gasteiger charge is 2.31. The molecule has 0 radical (unpaired) electrons. The highest BCUT2D eigenvalue weighted by Crippen LogP contribution is 2.27. The van der Waals surface area contributed by atoms with Crippen molar-refractivity contribution in [1.82, 2.24) is 4.31 Å². The number of anilines is 2. The molecule has 0 atom stereocenters. The zero-order chi connectivity index (χ0) is 27.5. The van der Waals surface area contributed by atoms with Gasteiger partial charge in [-0.2, -0.15) is 0 Å². The Hall–Kier alpha value is -2.34. The standard InChI is InChI=1S/C25H24Cl3N3O5S2/c26-19-2-1-3-22(14-19)30-38(35,36)23-8-6-21(7-9-23)29-25(32)17-10-12-31(13-11-17)37(33,34)16-18-4-5-20(27)15-24(18)28/h1-9,14-15,17,30H,10-13,16H2,(H,29,32). The van der Waals surface area contributed by atoms with Crippen LogP contribution >= 0.6 is 34.8 Å². The molecule has 0 aromatic heterocycles. The van der Waals surface area contributed by atoms with E-state index in [4.69, 9.17) is 34.8 Å². The molecule has 202 valence electrons. The van der Waals surface area contributed by atoms with Crippen LogP contribution in [0.4, 0.5) is 11.4 Å². The van der Waals surface area contributed by atoms with Crippen LogP contribution in [0.15, 0.2) is 71.6 Å². The number of piperidine rings is 1. The summed E-state index contributed by atoms with van der Waals surface area (Å²) in [6.45, 7) is 0.413. The van der Waals surface area contributed by atoms with Crippen molar-refractivity contribution in [2.75, 3.05) is 23.1 Å². The maximum atomic E-state index is 12.9. The number of hydrogen-bond donors (Lipinski definition) is 2. The molecule has 1 aliphatic rings. The van der Waals surface area contributed by atoms with Crippen LogP contribution in [0, 0.1) is 5.92 Å². The number of benzene rings is 3. The largest absolute Gasteiger partial charge is 0.326 e. The number of rotatable bonds is 8. The van der Waals surface area contributed by atoms with Crippen molar-refractivity contribution in [2.45, 2.75) is 23.5 Å². The van der Waals surface area contributed by atoms with E-state index in [0.717, 1.165) is 0 Å². The summed E-state index contributed by atoms with van der Waals surface area (Å²) in [5.74, 6) is -0.884. The van der Waals surface area contributed by atoms with E-state index in [0.29, 0.717) is 39.8 Å². The number of carbonyl (C=O) groups excluding carboxylic acids is 1. The quantitative estimate of drug-likeness (QED) is 0.341. The average Bonchev–Trinajstić information content (AvgIpc) is 2.86. The van der Waals surface area contributed by atoms with Crippen molar-refractivity contribution in [3.05, 3.63) is 87.4 Å². The van der Waals surface area contributed by atoms with Gasteiger partial charge in [0.25, 0.3) is 10.0 Å². The Labute approximate surface area is 237 Å². The lowest BCUT2D eigenvalue weighted by Crippen LogP contribution is -2.41. The van der Waals surface area contributed by atoms with Crippen molar-refractivity contribution in [1.29, 1.82) is 0 Å². The monoisotopic (exact) mass is 615 g/mol. The van der Waals surface area contributed by atoms with Gasteiger partial charge >= 0.3 is 0 Å². The maximum Gasteiger partial charge on any atom is 0.261 e. The Kier molecular flexibility index (Phi) is 8.91. The minimum atomic E-state index is -3.84. The van der Waals surface area contributed by atoms with Crippen LogP contribution in [0.3, 0.4) is 0 Å². The molecule has 8 nitrogen and oxygen atoms in total. The van der Waals surface area contributed by atoms with Crippen LogP contribution < -0.4 is 10.0 Å². The highest BCUT2D eigenvalue weighted by molar-refractivity contribution is 7.92. The molecule has 1 amide bonds. The molecule has 38 heavy (non-hydrogen) atoms. The Morgan fingerprint density at radius 1 is 0.842 bits per heavy atom. The van der Waals surface area contributed by atoms with Gasteiger partial charge in [-0.05, 0) is 73.0 Å². The molecule has 0 bridgehead atoms. The molecule has 4 rings (SSSR count). The van der Waals surface area contributed by atoms with Gasteiger partial charge in [-0.3, -0.25) is 9.52 Å². The Morgan fingerprint density at radius 3 is 2.13 bits per heavy atom. The molecular weight excluding hydrogens is 593 g/mol. The van der Waals surface area contributed by atoms with E-state index in [2.05, 4.69) is 10.0 Å². The molecule has 0 spiro atoms. The van der Waals surface area contributed by atoms with Crippen LogP contribution in [-0.4, -0.2) is 40.1 Å². The van der Waals surface area contributed by atoms with Gasteiger partial charge in [0.05, 0.1) is 16.3 Å². The summed E-state index contributed by atoms with van der Waals surface area (Å²) in [4.78, 5) is 12.8. The van der Waals surface area contributed by atoms with Gasteiger partial charge in [0.1, 0.15) is 0 Å². The Balaban J connectivity index is 1.32. The molecule has 1 saturated heterocycles. The van der Waals surface area contributed by atoms with E-state index in [1.54, 1.807) is 30.3 Å². The normalized spacial score (nSPS) is 15.2. The van der Waals surface area contributed by atoms with Crippen molar-refractivity contribution < 1.29 is 21.6 Å². The highest BCUT2D eigenvalue weighted by atomic mass is 35.5. The molecule has 2 N–H and O–H groups in total. The summed E-state index contributed by atoms with van der Waals surface area (Å²) in [5.41, 5.74) is 1.23. The fraction of sp³-hybridized carbons (Fsp3) is 0.240. The summed E-state index contributed by atoms with van der Waals surface area (Å²) >= 11 is 17.9. The third-order valence-electron chi connectivity index (χ3n) is 6.08. The zero-order valence-electron chi connectivity index (χ0n) is 19.9. The molecule has 1 heterocycles. The van der Waals surface area contributed by atoms with Gasteiger partial charge in [0, 0.05) is 39.8 Å². The lowest BCUT2D eigenvalue weighted by Gasteiger charge is -2.30. The molecule has 13 heteroatoms. The van der Waals surface area contributed by atoms with Gasteiger partial charge in [-0.15, -0.1) is 0 Å². The zero-order valence-corrected chi connectivity index (χ0v) is 23.8. The summed E-state index contributed by atoms with van der Waals surface area (Å²) in [5, 5.41) is 3.90. The molecule has 0 unspecified atom stereocenters. The molecule has 3 aromatic carbocycles. The number of carbonyl (C=O) groups is 1. The SMILES string of the molecule is O=C(Nc1ccc(S(=O)(=O)Nc2cccc(Cl)c2)cc1)C1CCN(S(=O)(=O)Cc2ccc(Cl)cc2Cl)CC1. The number of nitrogens with zero attached hydrogens (tertiary/aromatic N) is 1. The number of amides is 1. The second kappa shape index (κ2) is 11.8. The number of sulfonamides is 2. The first-order valence-electron chi connectivity index (χ1n) is 11.5. The summed E-state index contributed by atoms with van der Waals surface area (Å²) in [7, 11) is -7.46. The van der Waals surface area contributed by atoms with Gasteiger partial charge in [0.15, 0.2) is 0 Å². The molecule has 3 aromatic rings. The Bertz CT molecular complexity index is 1540. The predicted molar refractivity (Wildman–Crippen MR) is 151 cm³/mol. The first-order chi connectivity index (χ1) is 17.9. The minimum absolute atomic E-state index is 0.0229. The minimum Gasteiger partial charge on any atom is -0.326 e. The molecular formula is C25H24Cl3N3O5S2. The van der Waals surface area contributed by atoms with Crippen LogP contribution in [0.25, 0.3) is 0 Å². The van der Waals surface area contributed by atoms with E-state index < -0.39 is 20.0 Å². The van der Waals surface area contributed by atoms with Crippen molar-refractivity contribution in [3.63, 3.8) is 0 Å².